The summed E-state index contributed by atoms with van der Waals surface area (Å²) in [4.78, 5) is 22.8. The number of hydrogen-bond acceptors (Lipinski definition) is 4. The summed E-state index contributed by atoms with van der Waals surface area (Å²) in [5.41, 5.74) is 1.46. The monoisotopic (exact) mass is 362 g/mol. The molecule has 0 aliphatic rings. The number of aromatic carboxylic acids is 1. The molecule has 1 amide bonds. The van der Waals surface area contributed by atoms with Crippen molar-refractivity contribution in [2.75, 3.05) is 11.8 Å². The van der Waals surface area contributed by atoms with Crippen LogP contribution in [-0.4, -0.2) is 32.4 Å². The minimum atomic E-state index is -4.01. The van der Waals surface area contributed by atoms with Crippen molar-refractivity contribution in [3.63, 3.8) is 0 Å². The Morgan fingerprint density at radius 3 is 2.36 bits per heavy atom. The molecule has 3 N–H and O–H groups in total. The number of carboxylic acid groups (broad SMARTS) is 1. The van der Waals surface area contributed by atoms with Gasteiger partial charge in [-0.25, -0.2) is 13.2 Å². The highest BCUT2D eigenvalue weighted by atomic mass is 32.2. The minimum Gasteiger partial charge on any atom is -0.478 e. The summed E-state index contributed by atoms with van der Waals surface area (Å²) in [5.74, 6) is -1.54. The summed E-state index contributed by atoms with van der Waals surface area (Å²) in [6.07, 6.45) is 0. The van der Waals surface area contributed by atoms with Gasteiger partial charge in [-0.15, -0.1) is 0 Å². The largest absolute Gasteiger partial charge is 0.478 e. The van der Waals surface area contributed by atoms with E-state index in [4.69, 9.17) is 5.11 Å². The Kier molecular flexibility index (Phi) is 5.13. The predicted octanol–water partition coefficient (Wildman–Crippen LogP) is 2.16. The van der Waals surface area contributed by atoms with Crippen LogP contribution in [-0.2, 0) is 10.0 Å². The number of rotatable bonds is 5. The Labute approximate surface area is 145 Å². The molecular weight excluding hydrogens is 344 g/mol. The highest BCUT2D eigenvalue weighted by Crippen LogP contribution is 2.23. The van der Waals surface area contributed by atoms with Gasteiger partial charge in [0.15, 0.2) is 0 Å². The number of amides is 1. The number of nitrogens with one attached hydrogen (secondary N) is 2. The van der Waals surface area contributed by atoms with Crippen LogP contribution in [0.4, 0.5) is 5.69 Å². The molecule has 0 spiro atoms. The van der Waals surface area contributed by atoms with Crippen molar-refractivity contribution in [3.05, 3.63) is 58.7 Å². The minimum absolute atomic E-state index is 0.115. The van der Waals surface area contributed by atoms with Gasteiger partial charge in [-0.05, 0) is 55.3 Å². The Hall–Kier alpha value is -2.87. The average Bonchev–Trinajstić information content (AvgIpc) is 2.55. The summed E-state index contributed by atoms with van der Waals surface area (Å²) >= 11 is 0. The Balaban J connectivity index is 2.47. The standard InChI is InChI=1S/C17H18N2O5S/c1-10-7-12(17(21)22)9-13(8-10)25(23,24)19-15-6-4-5-14(11(15)2)16(20)18-3/h4-9,19H,1-3H3,(H,18,20)(H,21,22). The molecule has 25 heavy (non-hydrogen) atoms. The summed E-state index contributed by atoms with van der Waals surface area (Å²) in [7, 11) is -2.52. The van der Waals surface area contributed by atoms with Crippen LogP contribution in [0.1, 0.15) is 31.8 Å². The van der Waals surface area contributed by atoms with Crippen LogP contribution in [0.25, 0.3) is 0 Å². The average molecular weight is 362 g/mol. The van der Waals surface area contributed by atoms with Crippen LogP contribution in [0, 0.1) is 13.8 Å². The van der Waals surface area contributed by atoms with Crippen LogP contribution in [0.5, 0.6) is 0 Å². The fourth-order valence-electron chi connectivity index (χ4n) is 2.36. The van der Waals surface area contributed by atoms with Crippen LogP contribution in [0.2, 0.25) is 0 Å². The van der Waals surface area contributed by atoms with E-state index in [2.05, 4.69) is 10.0 Å². The summed E-state index contributed by atoms with van der Waals surface area (Å²) in [5, 5.41) is 11.6. The normalized spacial score (nSPS) is 11.0. The van der Waals surface area contributed by atoms with Crippen molar-refractivity contribution < 1.29 is 23.1 Å². The maximum absolute atomic E-state index is 12.6. The van der Waals surface area contributed by atoms with E-state index in [9.17, 15) is 18.0 Å². The lowest BCUT2D eigenvalue weighted by Crippen LogP contribution is -2.20. The molecule has 0 unspecified atom stereocenters. The molecular formula is C17H18N2O5S. The second kappa shape index (κ2) is 6.94. The summed E-state index contributed by atoms with van der Waals surface area (Å²) < 4.78 is 27.7. The lowest BCUT2D eigenvalue weighted by molar-refractivity contribution is 0.0696. The molecule has 0 atom stereocenters. The quantitative estimate of drug-likeness (QED) is 0.754. The highest BCUT2D eigenvalue weighted by Gasteiger charge is 2.19. The van der Waals surface area contributed by atoms with Gasteiger partial charge in [0, 0.05) is 12.6 Å². The van der Waals surface area contributed by atoms with E-state index in [1.807, 2.05) is 0 Å². The molecule has 0 aromatic heterocycles. The third-order valence-corrected chi connectivity index (χ3v) is 5.00. The highest BCUT2D eigenvalue weighted by molar-refractivity contribution is 7.92. The van der Waals surface area contributed by atoms with E-state index in [-0.39, 0.29) is 22.1 Å². The van der Waals surface area contributed by atoms with Crippen molar-refractivity contribution in [3.8, 4) is 0 Å². The molecule has 132 valence electrons. The molecule has 0 bridgehead atoms. The van der Waals surface area contributed by atoms with Gasteiger partial charge in [-0.1, -0.05) is 6.07 Å². The lowest BCUT2D eigenvalue weighted by atomic mass is 10.1. The van der Waals surface area contributed by atoms with E-state index >= 15 is 0 Å². The van der Waals surface area contributed by atoms with Crippen LogP contribution >= 0.6 is 0 Å². The van der Waals surface area contributed by atoms with Crippen molar-refractivity contribution in [1.29, 1.82) is 0 Å². The number of carbonyl (C=O) groups is 2. The third kappa shape index (κ3) is 3.97. The zero-order valence-corrected chi connectivity index (χ0v) is 14.8. The maximum atomic E-state index is 12.6. The molecule has 0 saturated heterocycles. The van der Waals surface area contributed by atoms with Gasteiger partial charge in [-0.2, -0.15) is 0 Å². The molecule has 2 aromatic rings. The zero-order valence-electron chi connectivity index (χ0n) is 14.0. The van der Waals surface area contributed by atoms with Gasteiger partial charge in [0.05, 0.1) is 16.1 Å². The molecule has 0 radical (unpaired) electrons. The molecule has 0 heterocycles. The van der Waals surface area contributed by atoms with Gasteiger partial charge < -0.3 is 10.4 Å². The SMILES string of the molecule is CNC(=O)c1cccc(NS(=O)(=O)c2cc(C)cc(C(=O)O)c2)c1C. The predicted molar refractivity (Wildman–Crippen MR) is 93.5 cm³/mol. The summed E-state index contributed by atoms with van der Waals surface area (Å²) in [6.45, 7) is 3.24. The lowest BCUT2D eigenvalue weighted by Gasteiger charge is -2.14. The van der Waals surface area contributed by atoms with Crippen LogP contribution in [0.3, 0.4) is 0 Å². The molecule has 7 nitrogen and oxygen atoms in total. The van der Waals surface area contributed by atoms with Crippen LogP contribution < -0.4 is 10.0 Å². The van der Waals surface area contributed by atoms with Gasteiger partial charge in [0.25, 0.3) is 15.9 Å². The number of sulfonamides is 1. The van der Waals surface area contributed by atoms with Crippen molar-refractivity contribution in [1.82, 2.24) is 5.32 Å². The first-order chi connectivity index (χ1) is 11.7. The fourth-order valence-corrected chi connectivity index (χ4v) is 3.61. The van der Waals surface area contributed by atoms with Gasteiger partial charge in [0.2, 0.25) is 0 Å². The fraction of sp³-hybridized carbons (Fsp3) is 0.176. The maximum Gasteiger partial charge on any atom is 0.335 e. The van der Waals surface area contributed by atoms with Crippen molar-refractivity contribution in [2.24, 2.45) is 0 Å². The first-order valence-electron chi connectivity index (χ1n) is 7.35. The van der Waals surface area contributed by atoms with Crippen LogP contribution in [0.15, 0.2) is 41.3 Å². The smallest absolute Gasteiger partial charge is 0.335 e. The number of aryl methyl sites for hydroxylation is 1. The Bertz CT molecular complexity index is 952. The summed E-state index contributed by atoms with van der Waals surface area (Å²) in [6, 6.07) is 8.55. The van der Waals surface area contributed by atoms with Gasteiger partial charge >= 0.3 is 5.97 Å². The molecule has 0 fully saturated rings. The van der Waals surface area contributed by atoms with Crippen molar-refractivity contribution >= 4 is 27.6 Å². The molecule has 8 heteroatoms. The first-order valence-corrected chi connectivity index (χ1v) is 8.83. The number of hydrogen-bond donors (Lipinski definition) is 3. The molecule has 2 rings (SSSR count). The second-order valence-corrected chi connectivity index (χ2v) is 7.19. The van der Waals surface area contributed by atoms with Gasteiger partial charge in [0.1, 0.15) is 0 Å². The van der Waals surface area contributed by atoms with E-state index in [0.717, 1.165) is 6.07 Å². The molecule has 0 aliphatic carbocycles. The Morgan fingerprint density at radius 2 is 1.76 bits per heavy atom. The zero-order chi connectivity index (χ0) is 18.8. The number of benzene rings is 2. The molecule has 0 saturated carbocycles. The Morgan fingerprint density at radius 1 is 1.08 bits per heavy atom. The molecule has 2 aromatic carbocycles. The van der Waals surface area contributed by atoms with E-state index in [0.29, 0.717) is 16.7 Å². The second-order valence-electron chi connectivity index (χ2n) is 5.50. The topological polar surface area (TPSA) is 113 Å². The van der Waals surface area contributed by atoms with E-state index in [1.165, 1.54) is 25.2 Å². The van der Waals surface area contributed by atoms with Gasteiger partial charge in [-0.3, -0.25) is 9.52 Å². The number of carboxylic acids is 1. The third-order valence-electron chi connectivity index (χ3n) is 3.66. The first kappa shape index (κ1) is 18.5. The van der Waals surface area contributed by atoms with E-state index in [1.54, 1.807) is 26.0 Å². The number of anilines is 1. The molecule has 0 aliphatic heterocycles. The van der Waals surface area contributed by atoms with E-state index < -0.39 is 16.0 Å². The van der Waals surface area contributed by atoms with Crippen molar-refractivity contribution in [2.45, 2.75) is 18.7 Å². The number of carbonyl (C=O) groups excluding carboxylic acids is 1.